The molecule has 1 heterocycles. The second-order valence-electron chi connectivity index (χ2n) is 5.12. The van der Waals surface area contributed by atoms with Gasteiger partial charge in [0, 0.05) is 12.7 Å². The summed E-state index contributed by atoms with van der Waals surface area (Å²) in [6.45, 7) is 1.97. The Balaban J connectivity index is 2.15. The van der Waals surface area contributed by atoms with Crippen molar-refractivity contribution < 1.29 is 18.0 Å². The van der Waals surface area contributed by atoms with Gasteiger partial charge in [-0.15, -0.1) is 0 Å². The van der Waals surface area contributed by atoms with E-state index in [2.05, 4.69) is 10.3 Å². The van der Waals surface area contributed by atoms with Gasteiger partial charge in [-0.3, -0.25) is 9.78 Å². The first kappa shape index (κ1) is 17.0. The van der Waals surface area contributed by atoms with E-state index in [9.17, 15) is 18.0 Å². The number of aromatic nitrogens is 1. The van der Waals surface area contributed by atoms with Crippen molar-refractivity contribution in [2.45, 2.75) is 25.7 Å². The summed E-state index contributed by atoms with van der Waals surface area (Å²) in [5, 5.41) is 2.92. The van der Waals surface area contributed by atoms with Gasteiger partial charge in [-0.2, -0.15) is 13.2 Å². The van der Waals surface area contributed by atoms with Crippen LogP contribution in [0.15, 0.2) is 42.6 Å². The van der Waals surface area contributed by atoms with E-state index in [4.69, 9.17) is 5.73 Å². The third-order valence-corrected chi connectivity index (χ3v) is 3.38. The van der Waals surface area contributed by atoms with Gasteiger partial charge in [0.1, 0.15) is 0 Å². The lowest BCUT2D eigenvalue weighted by Crippen LogP contribution is -2.38. The molecular weight excluding hydrogens is 307 g/mol. The molecule has 0 aliphatic rings. The lowest BCUT2D eigenvalue weighted by Gasteiger charge is -2.11. The maximum atomic E-state index is 12.6. The number of rotatable bonds is 5. The van der Waals surface area contributed by atoms with Gasteiger partial charge in [-0.1, -0.05) is 12.1 Å². The highest BCUT2D eigenvalue weighted by atomic mass is 19.4. The van der Waals surface area contributed by atoms with Crippen LogP contribution in [0.3, 0.4) is 0 Å². The number of carbonyl (C=O) groups is 1. The highest BCUT2D eigenvalue weighted by Gasteiger charge is 2.29. The Kier molecular flexibility index (Phi) is 5.00. The highest BCUT2D eigenvalue weighted by Crippen LogP contribution is 2.30. The van der Waals surface area contributed by atoms with Crippen molar-refractivity contribution in [3.8, 4) is 11.1 Å². The summed E-state index contributed by atoms with van der Waals surface area (Å²) in [7, 11) is 0. The van der Waals surface area contributed by atoms with Crippen molar-refractivity contribution >= 4 is 5.91 Å². The topological polar surface area (TPSA) is 68.0 Å². The second-order valence-corrected chi connectivity index (χ2v) is 5.12. The molecule has 0 spiro atoms. The Morgan fingerprint density at radius 3 is 2.43 bits per heavy atom. The first-order chi connectivity index (χ1) is 10.8. The Labute approximate surface area is 131 Å². The number of nitrogens with one attached hydrogen (secondary N) is 1. The Morgan fingerprint density at radius 1 is 1.22 bits per heavy atom. The quantitative estimate of drug-likeness (QED) is 0.889. The fraction of sp³-hybridized carbons (Fsp3) is 0.250. The van der Waals surface area contributed by atoms with Gasteiger partial charge >= 0.3 is 6.18 Å². The van der Waals surface area contributed by atoms with Crippen LogP contribution in [0.5, 0.6) is 0 Å². The minimum Gasteiger partial charge on any atom is -0.368 e. The van der Waals surface area contributed by atoms with Crippen LogP contribution >= 0.6 is 0 Å². The number of hydrogen-bond acceptors (Lipinski definition) is 3. The van der Waals surface area contributed by atoms with Crippen LogP contribution in [0.25, 0.3) is 11.1 Å². The molecule has 2 rings (SSSR count). The number of halogens is 3. The highest BCUT2D eigenvalue weighted by molar-refractivity contribution is 5.79. The molecule has 0 unspecified atom stereocenters. The van der Waals surface area contributed by atoms with Crippen molar-refractivity contribution in [2.24, 2.45) is 5.73 Å². The monoisotopic (exact) mass is 323 g/mol. The molecule has 23 heavy (non-hydrogen) atoms. The molecule has 122 valence electrons. The lowest BCUT2D eigenvalue weighted by molar-refractivity contribution is -0.137. The molecule has 0 saturated carbocycles. The third kappa shape index (κ3) is 4.53. The summed E-state index contributed by atoms with van der Waals surface area (Å²) >= 11 is 0. The third-order valence-electron chi connectivity index (χ3n) is 3.38. The molecule has 0 aliphatic carbocycles. The van der Waals surface area contributed by atoms with E-state index < -0.39 is 23.7 Å². The maximum Gasteiger partial charge on any atom is 0.416 e. The summed E-state index contributed by atoms with van der Waals surface area (Å²) < 4.78 is 37.7. The number of carbonyl (C=O) groups excluding carboxylic acids is 1. The number of nitrogens with two attached hydrogens (primary N) is 1. The molecule has 7 heteroatoms. The van der Waals surface area contributed by atoms with E-state index >= 15 is 0 Å². The Bertz CT molecular complexity index is 684. The van der Waals surface area contributed by atoms with Gasteiger partial charge in [-0.25, -0.2) is 0 Å². The van der Waals surface area contributed by atoms with Crippen LogP contribution in [0, 0.1) is 0 Å². The van der Waals surface area contributed by atoms with Crippen LogP contribution in [0.1, 0.15) is 18.2 Å². The summed E-state index contributed by atoms with van der Waals surface area (Å²) in [4.78, 5) is 15.1. The van der Waals surface area contributed by atoms with Gasteiger partial charge in [0.15, 0.2) is 0 Å². The second kappa shape index (κ2) is 6.78. The zero-order valence-electron chi connectivity index (χ0n) is 12.4. The number of amides is 1. The van der Waals surface area contributed by atoms with E-state index in [-0.39, 0.29) is 0 Å². The van der Waals surface area contributed by atoms with E-state index in [1.165, 1.54) is 12.1 Å². The van der Waals surface area contributed by atoms with E-state index in [0.29, 0.717) is 17.8 Å². The smallest absolute Gasteiger partial charge is 0.368 e. The zero-order valence-corrected chi connectivity index (χ0v) is 12.4. The largest absolute Gasteiger partial charge is 0.416 e. The first-order valence-corrected chi connectivity index (χ1v) is 6.92. The van der Waals surface area contributed by atoms with Crippen LogP contribution in [-0.4, -0.2) is 16.9 Å². The predicted octanol–water partition coefficient (Wildman–Crippen LogP) is 2.73. The Hall–Kier alpha value is -2.41. The zero-order chi connectivity index (χ0) is 17.0. The van der Waals surface area contributed by atoms with Crippen LogP contribution in [0.4, 0.5) is 13.2 Å². The predicted molar refractivity (Wildman–Crippen MR) is 80.2 cm³/mol. The average Bonchev–Trinajstić information content (AvgIpc) is 2.52. The SMILES string of the molecule is C[C@@H](NCc1cc(-c2ccc(C(F)(F)F)cc2)ccn1)C(N)=O. The minimum atomic E-state index is -4.35. The van der Waals surface area contributed by atoms with E-state index in [1.54, 1.807) is 25.3 Å². The van der Waals surface area contributed by atoms with E-state index in [1.807, 2.05) is 0 Å². The number of hydrogen-bond donors (Lipinski definition) is 2. The summed E-state index contributed by atoms with van der Waals surface area (Å²) in [5.74, 6) is -0.469. The number of alkyl halides is 3. The molecule has 0 aliphatic heterocycles. The molecule has 0 fully saturated rings. The van der Waals surface area contributed by atoms with Crippen molar-refractivity contribution in [3.63, 3.8) is 0 Å². The minimum absolute atomic E-state index is 0.332. The van der Waals surface area contributed by atoms with Gasteiger partial charge in [-0.05, 0) is 42.3 Å². The molecule has 3 N–H and O–H groups in total. The van der Waals surface area contributed by atoms with Crippen molar-refractivity contribution in [3.05, 3.63) is 53.9 Å². The first-order valence-electron chi connectivity index (χ1n) is 6.92. The number of primary amides is 1. The molecule has 0 bridgehead atoms. The molecule has 1 aromatic carbocycles. The lowest BCUT2D eigenvalue weighted by atomic mass is 10.0. The fourth-order valence-corrected chi connectivity index (χ4v) is 1.96. The molecular formula is C16H16F3N3O. The normalized spacial score (nSPS) is 12.9. The van der Waals surface area contributed by atoms with Gasteiger partial charge in [0.2, 0.25) is 5.91 Å². The van der Waals surface area contributed by atoms with Crippen LogP contribution < -0.4 is 11.1 Å². The standard InChI is InChI=1S/C16H16F3N3O/c1-10(15(20)23)22-9-14-8-12(6-7-21-14)11-2-4-13(5-3-11)16(17,18)19/h2-8,10,22H,9H2,1H3,(H2,20,23)/t10-/m1/s1. The molecule has 1 aromatic heterocycles. The van der Waals surface area contributed by atoms with Crippen molar-refractivity contribution in [2.75, 3.05) is 0 Å². The fourth-order valence-electron chi connectivity index (χ4n) is 1.96. The summed E-state index contributed by atoms with van der Waals surface area (Å²) in [6, 6.07) is 7.90. The molecule has 0 radical (unpaired) electrons. The van der Waals surface area contributed by atoms with Gasteiger partial charge < -0.3 is 11.1 Å². The summed E-state index contributed by atoms with van der Waals surface area (Å²) in [6.07, 6.45) is -2.78. The molecule has 1 atom stereocenters. The molecule has 4 nitrogen and oxygen atoms in total. The van der Waals surface area contributed by atoms with Crippen LogP contribution in [0.2, 0.25) is 0 Å². The summed E-state index contributed by atoms with van der Waals surface area (Å²) in [5.41, 5.74) is 6.54. The molecule has 0 saturated heterocycles. The number of nitrogens with zero attached hydrogens (tertiary/aromatic N) is 1. The maximum absolute atomic E-state index is 12.6. The van der Waals surface area contributed by atoms with Gasteiger partial charge in [0.05, 0.1) is 17.3 Å². The van der Waals surface area contributed by atoms with Crippen molar-refractivity contribution in [1.82, 2.24) is 10.3 Å². The average molecular weight is 323 g/mol. The van der Waals surface area contributed by atoms with E-state index in [0.717, 1.165) is 17.7 Å². The van der Waals surface area contributed by atoms with Gasteiger partial charge in [0.25, 0.3) is 0 Å². The Morgan fingerprint density at radius 2 is 1.87 bits per heavy atom. The number of benzene rings is 1. The molecule has 2 aromatic rings. The van der Waals surface area contributed by atoms with Crippen LogP contribution in [-0.2, 0) is 17.5 Å². The number of pyridine rings is 1. The molecule has 1 amide bonds. The van der Waals surface area contributed by atoms with Crippen molar-refractivity contribution in [1.29, 1.82) is 0 Å².